The van der Waals surface area contributed by atoms with Crippen molar-refractivity contribution in [1.29, 1.82) is 0 Å². The number of allylic oxidation sites excluding steroid dienone is 2. The van der Waals surface area contributed by atoms with E-state index in [1.54, 1.807) is 7.11 Å². The molecule has 0 amide bonds. The van der Waals surface area contributed by atoms with Crippen LogP contribution < -0.4 is 0 Å². The monoisotopic (exact) mass is 282 g/mol. The molecule has 0 spiro atoms. The van der Waals surface area contributed by atoms with Crippen LogP contribution in [0.15, 0.2) is 36.0 Å². The Balaban J connectivity index is 0.00000361. The molecule has 1 aliphatic heterocycles. The largest absolute Gasteiger partial charge is 0.389 e. The van der Waals surface area contributed by atoms with Crippen molar-refractivity contribution in [3.05, 3.63) is 36.0 Å². The van der Waals surface area contributed by atoms with Crippen LogP contribution in [0.1, 0.15) is 34.1 Å². The van der Waals surface area contributed by atoms with Gasteiger partial charge in [-0.1, -0.05) is 50.3 Å². The molecule has 0 aromatic carbocycles. The molecule has 3 heteroatoms. The summed E-state index contributed by atoms with van der Waals surface area (Å²) in [7, 11) is 1.63. The first-order valence-corrected chi connectivity index (χ1v) is 6.92. The average Bonchev–Trinajstić information content (AvgIpc) is 2.39. The number of aliphatic hydroxyl groups is 1. The first kappa shape index (κ1) is 19.1. The lowest BCUT2D eigenvalue weighted by molar-refractivity contribution is -0.00198. The molecule has 20 heavy (non-hydrogen) atoms. The van der Waals surface area contributed by atoms with E-state index in [4.69, 9.17) is 9.47 Å². The third-order valence-corrected chi connectivity index (χ3v) is 3.23. The summed E-state index contributed by atoms with van der Waals surface area (Å²) in [6.07, 6.45) is 11.4. The van der Waals surface area contributed by atoms with Crippen LogP contribution in [-0.2, 0) is 9.47 Å². The zero-order valence-electron chi connectivity index (χ0n) is 12.2. The van der Waals surface area contributed by atoms with E-state index >= 15 is 0 Å². The molecular formula is C17H30O3. The van der Waals surface area contributed by atoms with Gasteiger partial charge in [-0.05, 0) is 19.8 Å². The standard InChI is InChI=1S/C16H26O3.CH4/c1-13-11-14(2)16(17)15(18-3)9-7-5-4-6-8-10-19-12-13;/h6-9,11,14-17H,4-5,10,12H2,1-3H3;1H4/b8-6+,9-7+,13-11-;/t14-,15+,16+;/m1./s1. The first-order chi connectivity index (χ1) is 9.15. The topological polar surface area (TPSA) is 38.7 Å². The molecule has 0 radical (unpaired) electrons. The molecule has 1 heterocycles. The lowest BCUT2D eigenvalue weighted by Gasteiger charge is -2.23. The maximum Gasteiger partial charge on any atom is 0.102 e. The third-order valence-electron chi connectivity index (χ3n) is 3.23. The van der Waals surface area contributed by atoms with Gasteiger partial charge in [0.2, 0.25) is 0 Å². The zero-order chi connectivity index (χ0) is 14.1. The Morgan fingerprint density at radius 2 is 1.95 bits per heavy atom. The SMILES string of the molecule is C.CO[C@H]1/C=C/CC/C=C/COC/C(C)=C\[C@@H](C)[C@@H]1O. The average molecular weight is 282 g/mol. The first-order valence-electron chi connectivity index (χ1n) is 6.92. The van der Waals surface area contributed by atoms with Crippen LogP contribution >= 0.6 is 0 Å². The van der Waals surface area contributed by atoms with E-state index in [1.807, 2.05) is 19.9 Å². The molecule has 3 nitrogen and oxygen atoms in total. The van der Waals surface area contributed by atoms with E-state index in [0.29, 0.717) is 13.2 Å². The summed E-state index contributed by atoms with van der Waals surface area (Å²) in [5.74, 6) is 0.0386. The third kappa shape index (κ3) is 7.04. The number of ether oxygens (including phenoxy) is 2. The molecule has 116 valence electrons. The van der Waals surface area contributed by atoms with Crippen LogP contribution in [-0.4, -0.2) is 37.6 Å². The van der Waals surface area contributed by atoms with Gasteiger partial charge in [0.1, 0.15) is 6.10 Å². The number of rotatable bonds is 1. The normalized spacial score (nSPS) is 35.0. The van der Waals surface area contributed by atoms with Gasteiger partial charge in [-0.25, -0.2) is 0 Å². The van der Waals surface area contributed by atoms with Crippen molar-refractivity contribution in [1.82, 2.24) is 0 Å². The van der Waals surface area contributed by atoms with Crippen molar-refractivity contribution in [2.75, 3.05) is 20.3 Å². The van der Waals surface area contributed by atoms with Crippen molar-refractivity contribution in [2.24, 2.45) is 5.92 Å². The molecule has 0 aliphatic carbocycles. The summed E-state index contributed by atoms with van der Waals surface area (Å²) in [5, 5.41) is 10.3. The van der Waals surface area contributed by atoms with Crippen LogP contribution in [0.3, 0.4) is 0 Å². The zero-order valence-corrected chi connectivity index (χ0v) is 12.2. The Morgan fingerprint density at radius 3 is 2.65 bits per heavy atom. The van der Waals surface area contributed by atoms with Crippen molar-refractivity contribution < 1.29 is 14.6 Å². The number of hydrogen-bond donors (Lipinski definition) is 1. The van der Waals surface area contributed by atoms with Crippen molar-refractivity contribution >= 4 is 0 Å². The minimum Gasteiger partial charge on any atom is -0.389 e. The summed E-state index contributed by atoms with van der Waals surface area (Å²) in [6, 6.07) is 0. The summed E-state index contributed by atoms with van der Waals surface area (Å²) >= 11 is 0. The van der Waals surface area contributed by atoms with Gasteiger partial charge in [-0.15, -0.1) is 0 Å². The minimum atomic E-state index is -0.533. The van der Waals surface area contributed by atoms with Crippen molar-refractivity contribution in [2.45, 2.75) is 46.3 Å². The molecule has 0 fully saturated rings. The van der Waals surface area contributed by atoms with Crippen LogP contribution in [0.4, 0.5) is 0 Å². The van der Waals surface area contributed by atoms with Gasteiger partial charge in [0.15, 0.2) is 0 Å². The second-order valence-corrected chi connectivity index (χ2v) is 5.06. The lowest BCUT2D eigenvalue weighted by atomic mass is 9.96. The number of hydrogen-bond acceptors (Lipinski definition) is 3. The minimum absolute atomic E-state index is 0. The predicted octanol–water partition coefficient (Wildman–Crippen LogP) is 3.50. The second-order valence-electron chi connectivity index (χ2n) is 5.06. The second kappa shape index (κ2) is 10.8. The van der Waals surface area contributed by atoms with E-state index < -0.39 is 6.10 Å². The maximum absolute atomic E-state index is 10.3. The molecule has 1 rings (SSSR count). The quantitative estimate of drug-likeness (QED) is 0.748. The highest BCUT2D eigenvalue weighted by Gasteiger charge is 2.21. The highest BCUT2D eigenvalue weighted by molar-refractivity contribution is 5.06. The molecule has 0 saturated carbocycles. The van der Waals surface area contributed by atoms with Gasteiger partial charge in [0, 0.05) is 13.0 Å². The molecular weight excluding hydrogens is 252 g/mol. The van der Waals surface area contributed by atoms with Gasteiger partial charge < -0.3 is 14.6 Å². The number of aliphatic hydroxyl groups excluding tert-OH is 1. The Hall–Kier alpha value is -0.900. The van der Waals surface area contributed by atoms with Crippen LogP contribution in [0.2, 0.25) is 0 Å². The number of methoxy groups -OCH3 is 1. The summed E-state index contributed by atoms with van der Waals surface area (Å²) < 4.78 is 10.9. The Labute approximate surface area is 124 Å². The summed E-state index contributed by atoms with van der Waals surface area (Å²) in [5.41, 5.74) is 1.14. The van der Waals surface area contributed by atoms with E-state index in [0.717, 1.165) is 18.4 Å². The fourth-order valence-corrected chi connectivity index (χ4v) is 2.12. The molecule has 0 saturated heterocycles. The van der Waals surface area contributed by atoms with Gasteiger partial charge in [0.05, 0.1) is 19.3 Å². The highest BCUT2D eigenvalue weighted by Crippen LogP contribution is 2.15. The van der Waals surface area contributed by atoms with Crippen LogP contribution in [0, 0.1) is 5.92 Å². The van der Waals surface area contributed by atoms with Crippen molar-refractivity contribution in [3.63, 3.8) is 0 Å². The van der Waals surface area contributed by atoms with E-state index in [1.165, 1.54) is 0 Å². The van der Waals surface area contributed by atoms with Crippen molar-refractivity contribution in [3.8, 4) is 0 Å². The van der Waals surface area contributed by atoms with Gasteiger partial charge in [-0.3, -0.25) is 0 Å². The van der Waals surface area contributed by atoms with E-state index in [9.17, 15) is 5.11 Å². The van der Waals surface area contributed by atoms with Gasteiger partial charge in [-0.2, -0.15) is 0 Å². The molecule has 0 aromatic rings. The maximum atomic E-state index is 10.3. The molecule has 0 aromatic heterocycles. The molecule has 1 N–H and O–H groups in total. The molecule has 3 atom stereocenters. The smallest absolute Gasteiger partial charge is 0.102 e. The predicted molar refractivity (Wildman–Crippen MR) is 84.8 cm³/mol. The summed E-state index contributed by atoms with van der Waals surface area (Å²) in [6.45, 7) is 5.28. The molecule has 0 unspecified atom stereocenters. The van der Waals surface area contributed by atoms with Crippen LogP contribution in [0.5, 0.6) is 0 Å². The van der Waals surface area contributed by atoms with E-state index in [2.05, 4.69) is 24.3 Å². The Morgan fingerprint density at radius 1 is 1.25 bits per heavy atom. The van der Waals surface area contributed by atoms with E-state index in [-0.39, 0.29) is 19.4 Å². The fourth-order valence-electron chi connectivity index (χ4n) is 2.12. The fraction of sp³-hybridized carbons (Fsp3) is 0.647. The molecule has 1 aliphatic rings. The van der Waals surface area contributed by atoms with Gasteiger partial charge >= 0.3 is 0 Å². The Bertz CT molecular complexity index is 331. The Kier molecular flexibility index (Phi) is 10.3. The lowest BCUT2D eigenvalue weighted by Crippen LogP contribution is -2.31. The van der Waals surface area contributed by atoms with Gasteiger partial charge in [0.25, 0.3) is 0 Å². The molecule has 0 bridgehead atoms. The van der Waals surface area contributed by atoms with Crippen LogP contribution in [0.25, 0.3) is 0 Å². The highest BCUT2D eigenvalue weighted by atomic mass is 16.5. The summed E-state index contributed by atoms with van der Waals surface area (Å²) in [4.78, 5) is 0.